The molecule has 18 heavy (non-hydrogen) atoms. The lowest BCUT2D eigenvalue weighted by atomic mass is 10.3. The van der Waals surface area contributed by atoms with Crippen LogP contribution in [0.4, 0.5) is 0 Å². The van der Waals surface area contributed by atoms with Crippen LogP contribution in [0, 0.1) is 0 Å². The zero-order chi connectivity index (χ0) is 13.8. The smallest absolute Gasteiger partial charge is 0.325 e. The summed E-state index contributed by atoms with van der Waals surface area (Å²) < 4.78 is 15.8. The molecule has 0 aliphatic rings. The van der Waals surface area contributed by atoms with Crippen LogP contribution in [0.15, 0.2) is 0 Å². The Morgan fingerprint density at radius 1 is 1.22 bits per heavy atom. The van der Waals surface area contributed by atoms with Crippen molar-refractivity contribution < 1.29 is 19.0 Å². The zero-order valence-corrected chi connectivity index (χ0v) is 12.0. The van der Waals surface area contributed by atoms with Crippen molar-refractivity contribution in [2.75, 3.05) is 33.0 Å². The van der Waals surface area contributed by atoms with Gasteiger partial charge in [-0.2, -0.15) is 0 Å². The van der Waals surface area contributed by atoms with Crippen molar-refractivity contribution in [3.63, 3.8) is 0 Å². The van der Waals surface area contributed by atoms with Crippen LogP contribution in [0.2, 0.25) is 0 Å². The Morgan fingerprint density at radius 3 is 2.50 bits per heavy atom. The minimum atomic E-state index is -0.385. The molecule has 0 aromatic rings. The molecular weight excluding hydrogens is 234 g/mol. The van der Waals surface area contributed by atoms with E-state index in [0.29, 0.717) is 26.4 Å². The van der Waals surface area contributed by atoms with Gasteiger partial charge < -0.3 is 19.5 Å². The monoisotopic (exact) mass is 261 g/mol. The molecule has 0 saturated heterocycles. The van der Waals surface area contributed by atoms with E-state index in [2.05, 4.69) is 5.32 Å². The van der Waals surface area contributed by atoms with Crippen molar-refractivity contribution >= 4 is 5.97 Å². The molecule has 0 radical (unpaired) electrons. The van der Waals surface area contributed by atoms with Crippen LogP contribution in [0.5, 0.6) is 0 Å². The van der Waals surface area contributed by atoms with Crippen LogP contribution >= 0.6 is 0 Å². The topological polar surface area (TPSA) is 56.8 Å². The number of ether oxygens (including phenoxy) is 3. The summed E-state index contributed by atoms with van der Waals surface area (Å²) in [4.78, 5) is 11.6. The molecule has 0 fully saturated rings. The van der Waals surface area contributed by atoms with Crippen LogP contribution < -0.4 is 5.32 Å². The van der Waals surface area contributed by atoms with E-state index in [1.54, 1.807) is 6.92 Å². The average Bonchev–Trinajstić information content (AvgIpc) is 2.32. The van der Waals surface area contributed by atoms with E-state index < -0.39 is 0 Å². The summed E-state index contributed by atoms with van der Waals surface area (Å²) in [5.74, 6) is -0.254. The fourth-order valence-corrected chi connectivity index (χ4v) is 1.32. The number of hydrogen-bond acceptors (Lipinski definition) is 5. The molecule has 5 heteroatoms. The lowest BCUT2D eigenvalue weighted by molar-refractivity contribution is -0.147. The van der Waals surface area contributed by atoms with Gasteiger partial charge in [-0.1, -0.05) is 6.92 Å². The highest BCUT2D eigenvalue weighted by Gasteiger charge is 2.18. The standard InChI is InChI=1S/C13H27NO4/c1-5-7-14-12(13(15)17-6-2)10-16-8-9-18-11(3)4/h11-12,14H,5-10H2,1-4H3. The average molecular weight is 261 g/mol. The third-order valence-corrected chi connectivity index (χ3v) is 2.18. The van der Waals surface area contributed by atoms with Gasteiger partial charge in [-0.05, 0) is 33.7 Å². The first-order valence-corrected chi connectivity index (χ1v) is 6.71. The molecular formula is C13H27NO4. The Labute approximate surface area is 110 Å². The Bertz CT molecular complexity index is 209. The molecule has 1 unspecified atom stereocenters. The van der Waals surface area contributed by atoms with E-state index in [4.69, 9.17) is 14.2 Å². The third-order valence-electron chi connectivity index (χ3n) is 2.18. The molecule has 0 aromatic carbocycles. The quantitative estimate of drug-likeness (QED) is 0.449. The second-order valence-electron chi connectivity index (χ2n) is 4.25. The molecule has 0 amide bonds. The summed E-state index contributed by atoms with van der Waals surface area (Å²) in [7, 11) is 0. The van der Waals surface area contributed by atoms with E-state index in [-0.39, 0.29) is 18.1 Å². The molecule has 5 nitrogen and oxygen atoms in total. The van der Waals surface area contributed by atoms with Gasteiger partial charge in [0.25, 0.3) is 0 Å². The van der Waals surface area contributed by atoms with Crippen LogP contribution in [-0.2, 0) is 19.0 Å². The van der Waals surface area contributed by atoms with E-state index in [1.165, 1.54) is 0 Å². The Balaban J connectivity index is 3.82. The number of esters is 1. The zero-order valence-electron chi connectivity index (χ0n) is 12.0. The van der Waals surface area contributed by atoms with Crippen molar-refractivity contribution in [2.24, 2.45) is 0 Å². The maximum Gasteiger partial charge on any atom is 0.325 e. The lowest BCUT2D eigenvalue weighted by Gasteiger charge is -2.17. The van der Waals surface area contributed by atoms with E-state index in [0.717, 1.165) is 13.0 Å². The van der Waals surface area contributed by atoms with Gasteiger partial charge in [-0.15, -0.1) is 0 Å². The largest absolute Gasteiger partial charge is 0.465 e. The summed E-state index contributed by atoms with van der Waals surface area (Å²) >= 11 is 0. The fourth-order valence-electron chi connectivity index (χ4n) is 1.32. The third kappa shape index (κ3) is 9.39. The molecule has 1 N–H and O–H groups in total. The van der Waals surface area contributed by atoms with E-state index in [9.17, 15) is 4.79 Å². The first-order chi connectivity index (χ1) is 8.61. The molecule has 1 atom stereocenters. The summed E-state index contributed by atoms with van der Waals surface area (Å²) in [5.41, 5.74) is 0. The van der Waals surface area contributed by atoms with Crippen LogP contribution in [-0.4, -0.2) is 51.1 Å². The molecule has 0 aromatic heterocycles. The number of nitrogens with one attached hydrogen (secondary N) is 1. The maximum atomic E-state index is 11.6. The van der Waals surface area contributed by atoms with Gasteiger partial charge in [0.05, 0.1) is 32.5 Å². The second kappa shape index (κ2) is 11.4. The van der Waals surface area contributed by atoms with Crippen molar-refractivity contribution in [1.82, 2.24) is 5.32 Å². The van der Waals surface area contributed by atoms with Crippen molar-refractivity contribution in [3.05, 3.63) is 0 Å². The van der Waals surface area contributed by atoms with Gasteiger partial charge >= 0.3 is 5.97 Å². The van der Waals surface area contributed by atoms with Gasteiger partial charge in [0, 0.05) is 0 Å². The minimum absolute atomic E-state index is 0.202. The molecule has 0 heterocycles. The molecule has 0 spiro atoms. The van der Waals surface area contributed by atoms with Crippen molar-refractivity contribution in [3.8, 4) is 0 Å². The van der Waals surface area contributed by atoms with Gasteiger partial charge in [0.1, 0.15) is 6.04 Å². The molecule has 0 bridgehead atoms. The summed E-state index contributed by atoms with van der Waals surface area (Å²) in [6.07, 6.45) is 1.17. The summed E-state index contributed by atoms with van der Waals surface area (Å²) in [5, 5.41) is 3.11. The van der Waals surface area contributed by atoms with Crippen LogP contribution in [0.25, 0.3) is 0 Å². The molecule has 108 valence electrons. The van der Waals surface area contributed by atoms with E-state index in [1.807, 2.05) is 20.8 Å². The maximum absolute atomic E-state index is 11.6. The predicted molar refractivity (Wildman–Crippen MR) is 70.6 cm³/mol. The molecule has 0 aliphatic heterocycles. The highest BCUT2D eigenvalue weighted by atomic mass is 16.5. The normalized spacial score (nSPS) is 12.7. The fraction of sp³-hybridized carbons (Fsp3) is 0.923. The number of rotatable bonds is 11. The Morgan fingerprint density at radius 2 is 1.94 bits per heavy atom. The highest BCUT2D eigenvalue weighted by molar-refractivity contribution is 5.75. The van der Waals surface area contributed by atoms with Gasteiger partial charge in [0.15, 0.2) is 0 Å². The molecule has 0 saturated carbocycles. The molecule has 0 rings (SSSR count). The summed E-state index contributed by atoms with van der Waals surface area (Å²) in [6.45, 7) is 10.3. The Hall–Kier alpha value is -0.650. The minimum Gasteiger partial charge on any atom is -0.465 e. The number of carbonyl (C=O) groups is 1. The highest BCUT2D eigenvalue weighted by Crippen LogP contribution is 1.94. The van der Waals surface area contributed by atoms with Gasteiger partial charge in [-0.3, -0.25) is 4.79 Å². The van der Waals surface area contributed by atoms with Crippen LogP contribution in [0.1, 0.15) is 34.1 Å². The first kappa shape index (κ1) is 17.4. The number of hydrogen-bond donors (Lipinski definition) is 1. The van der Waals surface area contributed by atoms with E-state index >= 15 is 0 Å². The molecule has 0 aliphatic carbocycles. The van der Waals surface area contributed by atoms with Crippen molar-refractivity contribution in [2.45, 2.75) is 46.3 Å². The Kier molecular flexibility index (Phi) is 11.0. The first-order valence-electron chi connectivity index (χ1n) is 6.71. The SMILES string of the molecule is CCCNC(COCCOC(C)C)C(=O)OCC. The van der Waals surface area contributed by atoms with Crippen LogP contribution in [0.3, 0.4) is 0 Å². The summed E-state index contributed by atoms with van der Waals surface area (Å²) in [6, 6.07) is -0.385. The van der Waals surface area contributed by atoms with Gasteiger partial charge in [-0.25, -0.2) is 0 Å². The number of carbonyl (C=O) groups excluding carboxylic acids is 1. The second-order valence-corrected chi connectivity index (χ2v) is 4.25. The predicted octanol–water partition coefficient (Wildman–Crippen LogP) is 1.36. The lowest BCUT2D eigenvalue weighted by Crippen LogP contribution is -2.42. The van der Waals surface area contributed by atoms with Gasteiger partial charge in [0.2, 0.25) is 0 Å². The van der Waals surface area contributed by atoms with Crippen molar-refractivity contribution in [1.29, 1.82) is 0 Å².